The molecule has 1 fully saturated rings. The van der Waals surface area contributed by atoms with Crippen LogP contribution in [0.3, 0.4) is 0 Å². The molecule has 1 amide bonds. The number of ether oxygens (including phenoxy) is 1. The van der Waals surface area contributed by atoms with Crippen LogP contribution in [0.5, 0.6) is 0 Å². The third kappa shape index (κ3) is 4.33. The highest BCUT2D eigenvalue weighted by atomic mass is 16.5. The number of carbonyl (C=O) groups is 1. The molecule has 1 aliphatic heterocycles. The monoisotopic (exact) mass is 262 g/mol. The molecule has 0 aromatic heterocycles. The van der Waals surface area contributed by atoms with Crippen molar-refractivity contribution in [2.75, 3.05) is 18.5 Å². The maximum atomic E-state index is 11.9. The summed E-state index contributed by atoms with van der Waals surface area (Å²) in [6, 6.07) is 8.18. The van der Waals surface area contributed by atoms with E-state index < -0.39 is 0 Å². The molecule has 1 saturated heterocycles. The highest BCUT2D eigenvalue weighted by Gasteiger charge is 2.19. The molecule has 104 valence electrons. The minimum atomic E-state index is 0.00782. The first-order valence-electron chi connectivity index (χ1n) is 6.85. The van der Waals surface area contributed by atoms with Gasteiger partial charge >= 0.3 is 0 Å². The van der Waals surface area contributed by atoms with Gasteiger partial charge in [-0.2, -0.15) is 0 Å². The second-order valence-corrected chi connectivity index (χ2v) is 5.15. The number of benzene rings is 1. The molecule has 19 heavy (non-hydrogen) atoms. The fourth-order valence-electron chi connectivity index (χ4n) is 2.33. The Bertz CT molecular complexity index is 434. The molecular formula is C15H22N2O2. The Morgan fingerprint density at radius 1 is 1.42 bits per heavy atom. The summed E-state index contributed by atoms with van der Waals surface area (Å²) in [6.07, 6.45) is 2.23. The van der Waals surface area contributed by atoms with Crippen LogP contribution in [0.1, 0.15) is 25.3 Å². The molecule has 2 rings (SSSR count). The molecule has 0 radical (unpaired) electrons. The Labute approximate surface area is 114 Å². The fraction of sp³-hybridized carbons (Fsp3) is 0.533. The van der Waals surface area contributed by atoms with Crippen molar-refractivity contribution in [2.24, 2.45) is 0 Å². The molecular weight excluding hydrogens is 240 g/mol. The number of para-hydroxylation sites is 1. The topological polar surface area (TPSA) is 50.4 Å². The van der Waals surface area contributed by atoms with Crippen molar-refractivity contribution in [3.63, 3.8) is 0 Å². The van der Waals surface area contributed by atoms with E-state index in [0.29, 0.717) is 12.6 Å². The molecule has 4 heteroatoms. The van der Waals surface area contributed by atoms with Crippen LogP contribution in [0.25, 0.3) is 0 Å². The molecule has 2 unspecified atom stereocenters. The maximum Gasteiger partial charge on any atom is 0.238 e. The van der Waals surface area contributed by atoms with Crippen molar-refractivity contribution in [3.8, 4) is 0 Å². The number of anilines is 1. The van der Waals surface area contributed by atoms with Gasteiger partial charge in [-0.3, -0.25) is 4.79 Å². The fourth-order valence-corrected chi connectivity index (χ4v) is 2.33. The summed E-state index contributed by atoms with van der Waals surface area (Å²) in [5.41, 5.74) is 1.96. The molecule has 1 aromatic rings. The van der Waals surface area contributed by atoms with E-state index in [4.69, 9.17) is 4.74 Å². The van der Waals surface area contributed by atoms with Gasteiger partial charge in [0, 0.05) is 18.3 Å². The lowest BCUT2D eigenvalue weighted by Gasteiger charge is -2.27. The van der Waals surface area contributed by atoms with E-state index in [9.17, 15) is 4.79 Å². The van der Waals surface area contributed by atoms with Crippen molar-refractivity contribution >= 4 is 11.6 Å². The quantitative estimate of drug-likeness (QED) is 0.873. The molecule has 2 atom stereocenters. The third-order valence-electron chi connectivity index (χ3n) is 3.46. The Hall–Kier alpha value is -1.39. The first kappa shape index (κ1) is 14.0. The number of aryl methyl sites for hydroxylation is 1. The van der Waals surface area contributed by atoms with Gasteiger partial charge in [-0.25, -0.2) is 0 Å². The zero-order valence-electron chi connectivity index (χ0n) is 11.6. The molecule has 0 saturated carbocycles. The number of carbonyl (C=O) groups excluding carboxylic acids is 1. The van der Waals surface area contributed by atoms with E-state index in [1.807, 2.05) is 31.2 Å². The lowest BCUT2D eigenvalue weighted by atomic mass is 10.0. The Morgan fingerprint density at radius 3 is 2.95 bits per heavy atom. The van der Waals surface area contributed by atoms with Crippen LogP contribution in [0.15, 0.2) is 24.3 Å². The highest BCUT2D eigenvalue weighted by Crippen LogP contribution is 2.14. The van der Waals surface area contributed by atoms with E-state index in [-0.39, 0.29) is 12.0 Å². The number of hydrogen-bond donors (Lipinski definition) is 2. The minimum absolute atomic E-state index is 0.00782. The second kappa shape index (κ2) is 6.68. The maximum absolute atomic E-state index is 11.9. The second-order valence-electron chi connectivity index (χ2n) is 5.15. The molecule has 1 heterocycles. The summed E-state index contributed by atoms with van der Waals surface area (Å²) >= 11 is 0. The zero-order chi connectivity index (χ0) is 13.7. The number of amides is 1. The minimum Gasteiger partial charge on any atom is -0.378 e. The highest BCUT2D eigenvalue weighted by molar-refractivity contribution is 5.92. The lowest BCUT2D eigenvalue weighted by Crippen LogP contribution is -2.41. The standard InChI is InChI=1S/C15H22N2O2/c1-11-5-3-4-6-14(11)17-15(18)10-16-13-7-8-19-12(2)9-13/h3-6,12-13,16H,7-10H2,1-2H3,(H,17,18). The summed E-state index contributed by atoms with van der Waals surface area (Å²) in [5.74, 6) is 0.00782. The average molecular weight is 262 g/mol. The molecule has 2 N–H and O–H groups in total. The summed E-state index contributed by atoms with van der Waals surface area (Å²) in [4.78, 5) is 11.9. The van der Waals surface area contributed by atoms with Crippen molar-refractivity contribution < 1.29 is 9.53 Å². The molecule has 0 spiro atoms. The van der Waals surface area contributed by atoms with Gasteiger partial charge in [0.1, 0.15) is 0 Å². The van der Waals surface area contributed by atoms with Crippen LogP contribution in [-0.2, 0) is 9.53 Å². The van der Waals surface area contributed by atoms with E-state index >= 15 is 0 Å². The van der Waals surface area contributed by atoms with E-state index in [1.54, 1.807) is 0 Å². The van der Waals surface area contributed by atoms with Crippen LogP contribution >= 0.6 is 0 Å². The first-order chi connectivity index (χ1) is 9.15. The third-order valence-corrected chi connectivity index (χ3v) is 3.46. The van der Waals surface area contributed by atoms with Crippen LogP contribution in [0.2, 0.25) is 0 Å². The normalized spacial score (nSPS) is 23.1. The van der Waals surface area contributed by atoms with Gasteiger partial charge < -0.3 is 15.4 Å². The predicted molar refractivity (Wildman–Crippen MR) is 76.2 cm³/mol. The number of nitrogens with one attached hydrogen (secondary N) is 2. The molecule has 4 nitrogen and oxygen atoms in total. The Kier molecular flexibility index (Phi) is 4.93. The van der Waals surface area contributed by atoms with E-state index in [1.165, 1.54) is 0 Å². The lowest BCUT2D eigenvalue weighted by molar-refractivity contribution is -0.115. The first-order valence-corrected chi connectivity index (χ1v) is 6.85. The molecule has 1 aliphatic rings. The van der Waals surface area contributed by atoms with Gasteiger partial charge in [0.25, 0.3) is 0 Å². The SMILES string of the molecule is Cc1ccccc1NC(=O)CNC1CCOC(C)C1. The van der Waals surface area contributed by atoms with Gasteiger partial charge in [0.2, 0.25) is 5.91 Å². The summed E-state index contributed by atoms with van der Waals surface area (Å²) in [7, 11) is 0. The van der Waals surface area contributed by atoms with Gasteiger partial charge in [0.15, 0.2) is 0 Å². The van der Waals surface area contributed by atoms with Crippen LogP contribution in [0.4, 0.5) is 5.69 Å². The number of rotatable bonds is 4. The Balaban J connectivity index is 1.77. The molecule has 0 bridgehead atoms. The zero-order valence-corrected chi connectivity index (χ0v) is 11.6. The largest absolute Gasteiger partial charge is 0.378 e. The van der Waals surface area contributed by atoms with E-state index in [2.05, 4.69) is 17.6 Å². The van der Waals surface area contributed by atoms with Gasteiger partial charge in [-0.1, -0.05) is 18.2 Å². The van der Waals surface area contributed by atoms with E-state index in [0.717, 1.165) is 30.7 Å². The summed E-state index contributed by atoms with van der Waals surface area (Å²) in [6.45, 7) is 5.19. The summed E-state index contributed by atoms with van der Waals surface area (Å²) < 4.78 is 5.49. The van der Waals surface area contributed by atoms with Crippen molar-refractivity contribution in [1.82, 2.24) is 5.32 Å². The Morgan fingerprint density at radius 2 is 2.21 bits per heavy atom. The number of hydrogen-bond acceptors (Lipinski definition) is 3. The van der Waals surface area contributed by atoms with Crippen LogP contribution in [0, 0.1) is 6.92 Å². The van der Waals surface area contributed by atoms with Crippen molar-refractivity contribution in [1.29, 1.82) is 0 Å². The summed E-state index contributed by atoms with van der Waals surface area (Å²) in [5, 5.41) is 6.23. The van der Waals surface area contributed by atoms with Crippen molar-refractivity contribution in [2.45, 2.75) is 38.8 Å². The van der Waals surface area contributed by atoms with Gasteiger partial charge in [0.05, 0.1) is 12.6 Å². The predicted octanol–water partition coefficient (Wildman–Crippen LogP) is 2.09. The molecule has 0 aliphatic carbocycles. The van der Waals surface area contributed by atoms with Crippen LogP contribution < -0.4 is 10.6 Å². The van der Waals surface area contributed by atoms with Gasteiger partial charge in [-0.15, -0.1) is 0 Å². The average Bonchev–Trinajstić information content (AvgIpc) is 2.39. The molecule has 1 aromatic carbocycles. The van der Waals surface area contributed by atoms with Crippen LogP contribution in [-0.4, -0.2) is 31.2 Å². The van der Waals surface area contributed by atoms with Gasteiger partial charge in [-0.05, 0) is 38.3 Å². The van der Waals surface area contributed by atoms with Crippen molar-refractivity contribution in [3.05, 3.63) is 29.8 Å². The smallest absolute Gasteiger partial charge is 0.238 e.